The summed E-state index contributed by atoms with van der Waals surface area (Å²) in [7, 11) is 0. The molecule has 0 aliphatic carbocycles. The van der Waals surface area contributed by atoms with E-state index in [1.165, 1.54) is 24.3 Å². The van der Waals surface area contributed by atoms with E-state index in [4.69, 9.17) is 9.15 Å². The molecule has 124 valence electrons. The lowest BCUT2D eigenvalue weighted by Gasteiger charge is -2.15. The summed E-state index contributed by atoms with van der Waals surface area (Å²) in [6.07, 6.45) is -4.58. The molecule has 1 heterocycles. The minimum Gasteiger partial charge on any atom is -0.487 e. The first-order chi connectivity index (χ1) is 11.4. The number of alkyl halides is 3. The first-order valence-electron chi connectivity index (χ1n) is 7.28. The second-order valence-electron chi connectivity index (χ2n) is 5.06. The normalized spacial score (nSPS) is 11.7. The summed E-state index contributed by atoms with van der Waals surface area (Å²) in [6, 6.07) is 11.3. The lowest BCUT2D eigenvalue weighted by Crippen LogP contribution is -2.12. The van der Waals surface area contributed by atoms with E-state index in [2.05, 4.69) is 0 Å². The first-order valence-corrected chi connectivity index (χ1v) is 7.28. The van der Waals surface area contributed by atoms with Gasteiger partial charge >= 0.3 is 6.18 Å². The Balaban J connectivity index is 2.39. The average molecular weight is 334 g/mol. The van der Waals surface area contributed by atoms with Crippen LogP contribution in [-0.2, 0) is 6.18 Å². The van der Waals surface area contributed by atoms with Crippen LogP contribution in [0.2, 0.25) is 0 Å². The molecule has 2 aromatic carbocycles. The van der Waals surface area contributed by atoms with Crippen molar-refractivity contribution in [3.05, 3.63) is 64.3 Å². The van der Waals surface area contributed by atoms with Crippen molar-refractivity contribution in [1.82, 2.24) is 0 Å². The summed E-state index contributed by atoms with van der Waals surface area (Å²) in [5.74, 6) is -0.429. The van der Waals surface area contributed by atoms with Crippen LogP contribution < -0.4 is 10.2 Å². The van der Waals surface area contributed by atoms with Crippen LogP contribution >= 0.6 is 0 Å². The Morgan fingerprint density at radius 2 is 1.71 bits per heavy atom. The minimum atomic E-state index is -4.58. The van der Waals surface area contributed by atoms with Crippen LogP contribution in [0.3, 0.4) is 0 Å². The number of ether oxygens (including phenoxy) is 1. The predicted molar refractivity (Wildman–Crippen MR) is 84.1 cm³/mol. The van der Waals surface area contributed by atoms with Crippen molar-refractivity contribution in [3.63, 3.8) is 0 Å². The molecule has 0 radical (unpaired) electrons. The van der Waals surface area contributed by atoms with E-state index in [-0.39, 0.29) is 34.6 Å². The van der Waals surface area contributed by atoms with E-state index in [9.17, 15) is 18.0 Å². The van der Waals surface area contributed by atoms with E-state index in [0.29, 0.717) is 0 Å². The van der Waals surface area contributed by atoms with E-state index >= 15 is 0 Å². The van der Waals surface area contributed by atoms with E-state index in [1.54, 1.807) is 25.1 Å². The number of fused-ring (bicyclic) bond motifs is 1. The highest BCUT2D eigenvalue weighted by molar-refractivity contribution is 5.82. The number of hydrogen-bond donors (Lipinski definition) is 0. The summed E-state index contributed by atoms with van der Waals surface area (Å²) >= 11 is 0. The molecule has 0 N–H and O–H groups in total. The maximum atomic E-state index is 13.3. The largest absolute Gasteiger partial charge is 0.487 e. The second kappa shape index (κ2) is 6.03. The molecular formula is C18H13F3O3. The fourth-order valence-corrected chi connectivity index (χ4v) is 2.51. The zero-order valence-corrected chi connectivity index (χ0v) is 12.7. The second-order valence-corrected chi connectivity index (χ2v) is 5.06. The monoisotopic (exact) mass is 334 g/mol. The van der Waals surface area contributed by atoms with Gasteiger partial charge in [0.2, 0.25) is 11.2 Å². The van der Waals surface area contributed by atoms with E-state index in [0.717, 1.165) is 6.07 Å². The predicted octanol–water partition coefficient (Wildman–Crippen LogP) is 4.88. The summed E-state index contributed by atoms with van der Waals surface area (Å²) in [6.45, 7) is 1.78. The number of para-hydroxylation sites is 1. The van der Waals surface area contributed by atoms with Gasteiger partial charge in [0.25, 0.3) is 0 Å². The fraction of sp³-hybridized carbons (Fsp3) is 0.167. The van der Waals surface area contributed by atoms with Gasteiger partial charge in [0.1, 0.15) is 5.58 Å². The summed E-state index contributed by atoms with van der Waals surface area (Å²) < 4.78 is 50.9. The molecule has 0 atom stereocenters. The van der Waals surface area contributed by atoms with Crippen molar-refractivity contribution < 1.29 is 22.3 Å². The SMILES string of the molecule is CCOc1c(-c2ccccc2C(F)(F)F)oc2ccccc2c1=O. The van der Waals surface area contributed by atoms with Crippen molar-refractivity contribution in [2.45, 2.75) is 13.1 Å². The number of hydrogen-bond acceptors (Lipinski definition) is 3. The van der Waals surface area contributed by atoms with Gasteiger partial charge in [-0.25, -0.2) is 0 Å². The Kier molecular flexibility index (Phi) is 4.05. The number of benzene rings is 2. The molecule has 3 nitrogen and oxygen atoms in total. The van der Waals surface area contributed by atoms with Crippen LogP contribution in [-0.4, -0.2) is 6.61 Å². The van der Waals surface area contributed by atoms with Gasteiger partial charge < -0.3 is 9.15 Å². The van der Waals surface area contributed by atoms with Crippen molar-refractivity contribution >= 4 is 11.0 Å². The molecule has 0 fully saturated rings. The molecule has 3 rings (SSSR count). The third-order valence-electron chi connectivity index (χ3n) is 3.52. The summed E-state index contributed by atoms with van der Waals surface area (Å²) in [4.78, 5) is 12.6. The highest BCUT2D eigenvalue weighted by Crippen LogP contribution is 2.40. The maximum Gasteiger partial charge on any atom is 0.417 e. The van der Waals surface area contributed by atoms with Crippen molar-refractivity contribution in [2.75, 3.05) is 6.61 Å². The van der Waals surface area contributed by atoms with Crippen LogP contribution in [0.15, 0.2) is 57.7 Å². The highest BCUT2D eigenvalue weighted by atomic mass is 19.4. The Morgan fingerprint density at radius 1 is 1.04 bits per heavy atom. The number of halogens is 3. The van der Waals surface area contributed by atoms with Gasteiger partial charge in [0, 0.05) is 5.56 Å². The molecule has 6 heteroatoms. The smallest absolute Gasteiger partial charge is 0.417 e. The van der Waals surface area contributed by atoms with Gasteiger partial charge in [-0.2, -0.15) is 13.2 Å². The van der Waals surface area contributed by atoms with Crippen LogP contribution in [0, 0.1) is 0 Å². The average Bonchev–Trinajstić information content (AvgIpc) is 2.56. The number of rotatable bonds is 3. The molecule has 0 bridgehead atoms. The highest BCUT2D eigenvalue weighted by Gasteiger charge is 2.35. The Labute approximate surface area is 135 Å². The minimum absolute atomic E-state index is 0.129. The van der Waals surface area contributed by atoms with Crippen LogP contribution in [0.25, 0.3) is 22.3 Å². The van der Waals surface area contributed by atoms with E-state index in [1.807, 2.05) is 0 Å². The molecule has 0 unspecified atom stereocenters. The Hall–Kier alpha value is -2.76. The third kappa shape index (κ3) is 2.75. The zero-order chi connectivity index (χ0) is 17.3. The molecule has 0 saturated heterocycles. The van der Waals surface area contributed by atoms with Gasteiger partial charge in [-0.1, -0.05) is 30.3 Å². The van der Waals surface area contributed by atoms with Crippen molar-refractivity contribution in [2.24, 2.45) is 0 Å². The topological polar surface area (TPSA) is 39.4 Å². The quantitative estimate of drug-likeness (QED) is 0.685. The molecule has 0 aliphatic rings. The molecule has 3 aromatic rings. The standard InChI is InChI=1S/C18H13F3O3/c1-2-23-17-15(22)12-8-4-6-10-14(12)24-16(17)11-7-3-5-9-13(11)18(19,20)21/h3-10H,2H2,1H3. The molecule has 0 spiro atoms. The maximum absolute atomic E-state index is 13.3. The van der Waals surface area contributed by atoms with Crippen LogP contribution in [0.5, 0.6) is 5.75 Å². The van der Waals surface area contributed by atoms with Crippen LogP contribution in [0.1, 0.15) is 12.5 Å². The lowest BCUT2D eigenvalue weighted by molar-refractivity contribution is -0.137. The summed E-state index contributed by atoms with van der Waals surface area (Å²) in [5, 5.41) is 0.259. The molecule has 0 amide bonds. The Bertz CT molecular complexity index is 942. The van der Waals surface area contributed by atoms with Crippen LogP contribution in [0.4, 0.5) is 13.2 Å². The fourth-order valence-electron chi connectivity index (χ4n) is 2.51. The molecule has 24 heavy (non-hydrogen) atoms. The van der Waals surface area contributed by atoms with Gasteiger partial charge in [0.15, 0.2) is 5.76 Å². The molecular weight excluding hydrogens is 321 g/mol. The zero-order valence-electron chi connectivity index (χ0n) is 12.7. The molecule has 1 aromatic heterocycles. The van der Waals surface area contributed by atoms with Crippen molar-refractivity contribution in [1.29, 1.82) is 0 Å². The van der Waals surface area contributed by atoms with Gasteiger partial charge in [-0.15, -0.1) is 0 Å². The lowest BCUT2D eigenvalue weighted by atomic mass is 10.0. The first kappa shape index (κ1) is 16.1. The van der Waals surface area contributed by atoms with Gasteiger partial charge in [0.05, 0.1) is 17.6 Å². The third-order valence-corrected chi connectivity index (χ3v) is 3.52. The molecule has 0 aliphatic heterocycles. The Morgan fingerprint density at radius 3 is 2.42 bits per heavy atom. The van der Waals surface area contributed by atoms with Crippen molar-refractivity contribution in [3.8, 4) is 17.1 Å². The molecule has 0 saturated carbocycles. The van der Waals surface area contributed by atoms with Gasteiger partial charge in [-0.05, 0) is 25.1 Å². The van der Waals surface area contributed by atoms with Gasteiger partial charge in [-0.3, -0.25) is 4.79 Å². The summed E-state index contributed by atoms with van der Waals surface area (Å²) in [5.41, 5.74) is -1.40. The van der Waals surface area contributed by atoms with E-state index < -0.39 is 17.2 Å².